The fourth-order valence-corrected chi connectivity index (χ4v) is 3.25. The van der Waals surface area contributed by atoms with Crippen molar-refractivity contribution in [2.75, 3.05) is 0 Å². The summed E-state index contributed by atoms with van der Waals surface area (Å²) in [5.74, 6) is -0.475. The summed E-state index contributed by atoms with van der Waals surface area (Å²) in [5.41, 5.74) is 2.27. The van der Waals surface area contributed by atoms with Crippen molar-refractivity contribution in [1.29, 1.82) is 0 Å². The van der Waals surface area contributed by atoms with Crippen LogP contribution in [0, 0.1) is 0 Å². The van der Waals surface area contributed by atoms with Crippen molar-refractivity contribution in [3.8, 4) is 0 Å². The van der Waals surface area contributed by atoms with Crippen molar-refractivity contribution in [3.63, 3.8) is 0 Å². The van der Waals surface area contributed by atoms with Crippen LogP contribution < -0.4 is 0 Å². The van der Waals surface area contributed by atoms with Crippen molar-refractivity contribution in [1.82, 2.24) is 4.90 Å². The van der Waals surface area contributed by atoms with E-state index in [0.29, 0.717) is 11.1 Å². The zero-order valence-corrected chi connectivity index (χ0v) is 15.1. The zero-order valence-electron chi connectivity index (χ0n) is 15.1. The molecule has 0 N–H and O–H groups in total. The minimum atomic E-state index is -0.852. The van der Waals surface area contributed by atoms with Crippen LogP contribution in [0.5, 0.6) is 0 Å². The predicted molar refractivity (Wildman–Crippen MR) is 103 cm³/mol. The number of carbonyl (C=O) groups excluding carboxylic acids is 2. The Morgan fingerprint density at radius 3 is 1.96 bits per heavy atom. The van der Waals surface area contributed by atoms with Crippen LogP contribution in [0.1, 0.15) is 29.0 Å². The smallest absolute Gasteiger partial charge is 0.414 e. The van der Waals surface area contributed by atoms with Crippen molar-refractivity contribution < 1.29 is 19.1 Å². The van der Waals surface area contributed by atoms with Crippen LogP contribution in [0.2, 0.25) is 0 Å². The van der Waals surface area contributed by atoms with E-state index >= 15 is 0 Å². The van der Waals surface area contributed by atoms with Crippen LogP contribution in [0.25, 0.3) is 0 Å². The molecule has 1 fully saturated rings. The molecular weight excluding hydrogens is 354 g/mol. The van der Waals surface area contributed by atoms with Gasteiger partial charge < -0.3 is 9.47 Å². The Kier molecular flexibility index (Phi) is 5.06. The Balaban J connectivity index is 1.64. The molecule has 1 heterocycles. The maximum absolute atomic E-state index is 13.0. The molecule has 1 aliphatic rings. The minimum absolute atomic E-state index is 0.118. The van der Waals surface area contributed by atoms with Crippen molar-refractivity contribution >= 4 is 12.1 Å². The summed E-state index contributed by atoms with van der Waals surface area (Å²) < 4.78 is 11.1. The van der Waals surface area contributed by atoms with Gasteiger partial charge in [-0.1, -0.05) is 91.0 Å². The first-order chi connectivity index (χ1) is 13.7. The normalized spacial score (nSPS) is 18.6. The molecule has 1 amide bonds. The van der Waals surface area contributed by atoms with E-state index in [-0.39, 0.29) is 6.61 Å². The Morgan fingerprint density at radius 1 is 0.821 bits per heavy atom. The zero-order chi connectivity index (χ0) is 19.3. The molecule has 2 atom stereocenters. The summed E-state index contributed by atoms with van der Waals surface area (Å²) in [6.07, 6.45) is -1.43. The van der Waals surface area contributed by atoms with Gasteiger partial charge in [0.2, 0.25) is 6.23 Å². The summed E-state index contributed by atoms with van der Waals surface area (Å²) in [5, 5.41) is 0. The molecule has 1 aliphatic heterocycles. The van der Waals surface area contributed by atoms with E-state index in [1.165, 1.54) is 4.90 Å². The quantitative estimate of drug-likeness (QED) is 0.626. The third kappa shape index (κ3) is 3.60. The number of esters is 1. The molecule has 0 saturated carbocycles. The first kappa shape index (κ1) is 17.8. The van der Waals surface area contributed by atoms with Gasteiger partial charge in [-0.25, -0.2) is 14.5 Å². The number of cyclic esters (lactones) is 1. The molecule has 3 aromatic carbocycles. The lowest BCUT2D eigenvalue weighted by Gasteiger charge is -2.26. The summed E-state index contributed by atoms with van der Waals surface area (Å²) in [6.45, 7) is 0.118. The number of carbonyl (C=O) groups is 2. The summed E-state index contributed by atoms with van der Waals surface area (Å²) in [7, 11) is 0. The van der Waals surface area contributed by atoms with E-state index in [0.717, 1.165) is 5.56 Å². The van der Waals surface area contributed by atoms with Gasteiger partial charge in [0.1, 0.15) is 6.61 Å². The number of nitrogens with zero attached hydrogens (tertiary/aromatic N) is 1. The van der Waals surface area contributed by atoms with Crippen LogP contribution in [0.3, 0.4) is 0 Å². The lowest BCUT2D eigenvalue weighted by Crippen LogP contribution is -2.34. The molecule has 3 aromatic rings. The molecule has 1 saturated heterocycles. The van der Waals surface area contributed by atoms with Gasteiger partial charge in [0.05, 0.1) is 0 Å². The highest BCUT2D eigenvalue weighted by Gasteiger charge is 2.47. The molecular formula is C23H19NO4. The fourth-order valence-electron chi connectivity index (χ4n) is 3.25. The average Bonchev–Trinajstić information content (AvgIpc) is 3.11. The second-order valence-corrected chi connectivity index (χ2v) is 6.46. The van der Waals surface area contributed by atoms with Gasteiger partial charge in [-0.15, -0.1) is 0 Å². The Bertz CT molecular complexity index is 944. The maximum atomic E-state index is 13.0. The van der Waals surface area contributed by atoms with E-state index < -0.39 is 24.3 Å². The van der Waals surface area contributed by atoms with Gasteiger partial charge in [0.15, 0.2) is 6.04 Å². The lowest BCUT2D eigenvalue weighted by molar-refractivity contribution is -0.143. The highest BCUT2D eigenvalue weighted by molar-refractivity contribution is 5.86. The Morgan fingerprint density at radius 2 is 1.36 bits per heavy atom. The van der Waals surface area contributed by atoms with Gasteiger partial charge >= 0.3 is 12.1 Å². The molecule has 1 unspecified atom stereocenters. The van der Waals surface area contributed by atoms with Crippen LogP contribution in [0.15, 0.2) is 91.0 Å². The molecule has 0 spiro atoms. The predicted octanol–water partition coefficient (Wildman–Crippen LogP) is 4.62. The first-order valence-corrected chi connectivity index (χ1v) is 9.03. The van der Waals surface area contributed by atoms with E-state index in [2.05, 4.69) is 0 Å². The first-order valence-electron chi connectivity index (χ1n) is 9.03. The van der Waals surface area contributed by atoms with Crippen LogP contribution in [0.4, 0.5) is 4.79 Å². The van der Waals surface area contributed by atoms with Crippen molar-refractivity contribution in [2.24, 2.45) is 0 Å². The monoisotopic (exact) mass is 373 g/mol. The third-order valence-corrected chi connectivity index (χ3v) is 4.60. The van der Waals surface area contributed by atoms with E-state index in [4.69, 9.17) is 9.47 Å². The number of benzene rings is 3. The van der Waals surface area contributed by atoms with E-state index in [1.807, 2.05) is 78.9 Å². The van der Waals surface area contributed by atoms with E-state index in [1.54, 1.807) is 12.1 Å². The highest BCUT2D eigenvalue weighted by Crippen LogP contribution is 2.40. The van der Waals surface area contributed by atoms with Crippen LogP contribution in [-0.4, -0.2) is 17.0 Å². The van der Waals surface area contributed by atoms with Crippen LogP contribution in [-0.2, 0) is 20.9 Å². The second-order valence-electron chi connectivity index (χ2n) is 6.46. The van der Waals surface area contributed by atoms with Gasteiger partial charge in [0.25, 0.3) is 0 Å². The minimum Gasteiger partial charge on any atom is -0.444 e. The standard InChI is InChI=1S/C23H19NO4/c25-22-20(18-12-6-2-7-13-18)24(21(28-22)19-14-8-3-9-15-19)23(26)27-16-17-10-4-1-5-11-17/h1-15,20-21H,16H2/t20?,21-/m1/s1. The molecule has 0 radical (unpaired) electrons. The van der Waals surface area contributed by atoms with Gasteiger partial charge in [0, 0.05) is 5.56 Å². The largest absolute Gasteiger partial charge is 0.444 e. The average molecular weight is 373 g/mol. The number of hydrogen-bond acceptors (Lipinski definition) is 4. The number of ether oxygens (including phenoxy) is 2. The number of amides is 1. The fraction of sp³-hybridized carbons (Fsp3) is 0.130. The molecule has 0 aliphatic carbocycles. The van der Waals surface area contributed by atoms with Gasteiger partial charge in [-0.2, -0.15) is 0 Å². The Labute approximate surface area is 163 Å². The molecule has 0 bridgehead atoms. The number of rotatable bonds is 4. The molecule has 5 nitrogen and oxygen atoms in total. The SMILES string of the molecule is O=C1O[C@H](c2ccccc2)N(C(=O)OCc2ccccc2)C1c1ccccc1. The van der Waals surface area contributed by atoms with Crippen molar-refractivity contribution in [3.05, 3.63) is 108 Å². The summed E-state index contributed by atoms with van der Waals surface area (Å²) >= 11 is 0. The third-order valence-electron chi connectivity index (χ3n) is 4.60. The summed E-state index contributed by atoms with van der Waals surface area (Å²) in [6, 6.07) is 26.9. The molecule has 140 valence electrons. The molecule has 0 aromatic heterocycles. The Hall–Kier alpha value is -3.60. The molecule has 5 heteroatoms. The molecule has 28 heavy (non-hydrogen) atoms. The van der Waals surface area contributed by atoms with Crippen molar-refractivity contribution in [2.45, 2.75) is 18.9 Å². The van der Waals surface area contributed by atoms with Gasteiger partial charge in [-0.3, -0.25) is 0 Å². The lowest BCUT2D eigenvalue weighted by atomic mass is 10.1. The van der Waals surface area contributed by atoms with E-state index in [9.17, 15) is 9.59 Å². The number of hydrogen-bond donors (Lipinski definition) is 0. The van der Waals surface area contributed by atoms with Crippen LogP contribution >= 0.6 is 0 Å². The second kappa shape index (κ2) is 7.96. The topological polar surface area (TPSA) is 55.8 Å². The van der Waals surface area contributed by atoms with Gasteiger partial charge in [-0.05, 0) is 11.1 Å². The maximum Gasteiger partial charge on any atom is 0.414 e. The molecule has 4 rings (SSSR count). The summed E-state index contributed by atoms with van der Waals surface area (Å²) in [4.78, 5) is 27.1. The highest BCUT2D eigenvalue weighted by atomic mass is 16.6.